The summed E-state index contributed by atoms with van der Waals surface area (Å²) in [4.78, 5) is 2.42. The molecule has 0 bridgehead atoms. The zero-order valence-corrected chi connectivity index (χ0v) is 13.3. The Morgan fingerprint density at radius 3 is 2.47 bits per heavy atom. The molecule has 0 saturated carbocycles. The van der Waals surface area contributed by atoms with Crippen molar-refractivity contribution in [1.29, 1.82) is 0 Å². The van der Waals surface area contributed by atoms with E-state index in [0.29, 0.717) is 6.04 Å². The molecule has 0 aliphatic heterocycles. The Balaban J connectivity index is 2.82. The van der Waals surface area contributed by atoms with E-state index < -0.39 is 0 Å². The lowest BCUT2D eigenvalue weighted by atomic mass is 9.98. The summed E-state index contributed by atoms with van der Waals surface area (Å²) in [6, 6.07) is 7.24. The summed E-state index contributed by atoms with van der Waals surface area (Å²) in [5, 5.41) is 3.69. The molecule has 0 radical (unpaired) electrons. The minimum atomic E-state index is 0.442. The van der Waals surface area contributed by atoms with Crippen molar-refractivity contribution in [1.82, 2.24) is 10.2 Å². The maximum Gasteiger partial charge on any atom is 0.0451 e. The van der Waals surface area contributed by atoms with Crippen molar-refractivity contribution in [3.05, 3.63) is 34.9 Å². The topological polar surface area (TPSA) is 15.3 Å². The summed E-state index contributed by atoms with van der Waals surface area (Å²) >= 11 is 0. The summed E-state index contributed by atoms with van der Waals surface area (Å²) in [5.41, 5.74) is 4.19. The summed E-state index contributed by atoms with van der Waals surface area (Å²) < 4.78 is 0. The first kappa shape index (κ1) is 16.2. The summed E-state index contributed by atoms with van der Waals surface area (Å²) in [6.07, 6.45) is 2.39. The smallest absolute Gasteiger partial charge is 0.0451 e. The van der Waals surface area contributed by atoms with Crippen LogP contribution >= 0.6 is 0 Å². The maximum atomic E-state index is 3.69. The van der Waals surface area contributed by atoms with Gasteiger partial charge in [-0.2, -0.15) is 0 Å². The van der Waals surface area contributed by atoms with E-state index in [1.165, 1.54) is 29.5 Å². The van der Waals surface area contributed by atoms with Crippen LogP contribution in [0, 0.1) is 13.8 Å². The normalized spacial score (nSPS) is 12.9. The van der Waals surface area contributed by atoms with Crippen molar-refractivity contribution < 1.29 is 0 Å². The van der Waals surface area contributed by atoms with E-state index in [-0.39, 0.29) is 0 Å². The predicted molar refractivity (Wildman–Crippen MR) is 84.7 cm³/mol. The monoisotopic (exact) mass is 262 g/mol. The number of nitrogens with one attached hydrogen (secondary N) is 1. The van der Waals surface area contributed by atoms with Gasteiger partial charge in [-0.1, -0.05) is 37.6 Å². The highest BCUT2D eigenvalue weighted by Crippen LogP contribution is 2.20. The lowest BCUT2D eigenvalue weighted by Crippen LogP contribution is -2.34. The number of benzene rings is 1. The fourth-order valence-corrected chi connectivity index (χ4v) is 2.59. The van der Waals surface area contributed by atoms with Crippen LogP contribution in [0.2, 0.25) is 0 Å². The molecule has 1 N–H and O–H groups in total. The van der Waals surface area contributed by atoms with Gasteiger partial charge in [-0.3, -0.25) is 0 Å². The number of likely N-dealkylation sites (N-methyl/N-ethyl adjacent to an activating group) is 1. The third-order valence-corrected chi connectivity index (χ3v) is 3.54. The van der Waals surface area contributed by atoms with E-state index in [1.54, 1.807) is 0 Å². The van der Waals surface area contributed by atoms with Crippen LogP contribution in [0.4, 0.5) is 0 Å². The molecule has 0 heterocycles. The van der Waals surface area contributed by atoms with E-state index in [0.717, 1.165) is 19.6 Å². The third-order valence-electron chi connectivity index (χ3n) is 3.54. The van der Waals surface area contributed by atoms with Crippen LogP contribution in [0.15, 0.2) is 18.2 Å². The molecular weight excluding hydrogens is 232 g/mol. The molecule has 0 spiro atoms. The van der Waals surface area contributed by atoms with Crippen molar-refractivity contribution in [3.63, 3.8) is 0 Å². The van der Waals surface area contributed by atoms with Crippen molar-refractivity contribution in [2.24, 2.45) is 0 Å². The molecule has 1 aromatic carbocycles. The number of hydrogen-bond acceptors (Lipinski definition) is 2. The lowest BCUT2D eigenvalue weighted by molar-refractivity contribution is 0.290. The van der Waals surface area contributed by atoms with Crippen LogP contribution < -0.4 is 5.32 Å². The minimum absolute atomic E-state index is 0.442. The number of aryl methyl sites for hydroxylation is 2. The lowest BCUT2D eigenvalue weighted by Gasteiger charge is -2.26. The second-order valence-corrected chi connectivity index (χ2v) is 5.63. The van der Waals surface area contributed by atoms with Gasteiger partial charge >= 0.3 is 0 Å². The molecule has 19 heavy (non-hydrogen) atoms. The average Bonchev–Trinajstić information content (AvgIpc) is 2.35. The molecular formula is C17H30N2. The number of hydrogen-bond donors (Lipinski definition) is 1. The highest BCUT2D eigenvalue weighted by Gasteiger charge is 2.15. The maximum absolute atomic E-state index is 3.69. The first-order chi connectivity index (χ1) is 9.08. The second-order valence-electron chi connectivity index (χ2n) is 5.63. The van der Waals surface area contributed by atoms with Crippen LogP contribution in [0.25, 0.3) is 0 Å². The van der Waals surface area contributed by atoms with Crippen molar-refractivity contribution >= 4 is 0 Å². The Labute approximate surface area is 119 Å². The summed E-state index contributed by atoms with van der Waals surface area (Å²) in [6.45, 7) is 12.2. The van der Waals surface area contributed by atoms with E-state index in [2.05, 4.69) is 63.2 Å². The van der Waals surface area contributed by atoms with E-state index in [4.69, 9.17) is 0 Å². The Hall–Kier alpha value is -0.860. The summed E-state index contributed by atoms with van der Waals surface area (Å²) in [5.74, 6) is 0. The van der Waals surface area contributed by atoms with Gasteiger partial charge in [0.1, 0.15) is 0 Å². The van der Waals surface area contributed by atoms with Gasteiger partial charge in [0.05, 0.1) is 0 Å². The largest absolute Gasteiger partial charge is 0.309 e. The van der Waals surface area contributed by atoms with Crippen LogP contribution in [0.1, 0.15) is 49.4 Å². The van der Waals surface area contributed by atoms with Crippen LogP contribution in [0.5, 0.6) is 0 Å². The standard InChI is InChI=1S/C17H30N2/c1-6-10-18-17(13-19(5)11-7-2)16-9-8-14(3)12-15(16)4/h8-9,12,17-18H,6-7,10-11,13H2,1-5H3. The molecule has 0 aliphatic rings. The molecule has 2 heteroatoms. The fourth-order valence-electron chi connectivity index (χ4n) is 2.59. The molecule has 0 aliphatic carbocycles. The first-order valence-corrected chi connectivity index (χ1v) is 7.57. The molecule has 1 unspecified atom stereocenters. The molecule has 0 aromatic heterocycles. The van der Waals surface area contributed by atoms with Crippen LogP contribution in [-0.2, 0) is 0 Å². The van der Waals surface area contributed by atoms with Gasteiger partial charge in [0, 0.05) is 12.6 Å². The Morgan fingerprint density at radius 1 is 1.16 bits per heavy atom. The molecule has 1 aromatic rings. The van der Waals surface area contributed by atoms with Gasteiger partial charge in [-0.15, -0.1) is 0 Å². The first-order valence-electron chi connectivity index (χ1n) is 7.57. The molecule has 2 nitrogen and oxygen atoms in total. The van der Waals surface area contributed by atoms with Gasteiger partial charge in [-0.05, 0) is 58.0 Å². The third kappa shape index (κ3) is 5.33. The van der Waals surface area contributed by atoms with Crippen molar-refractivity contribution in [3.8, 4) is 0 Å². The average molecular weight is 262 g/mol. The van der Waals surface area contributed by atoms with Gasteiger partial charge in [-0.25, -0.2) is 0 Å². The quantitative estimate of drug-likeness (QED) is 0.768. The van der Waals surface area contributed by atoms with E-state index >= 15 is 0 Å². The number of rotatable bonds is 8. The highest BCUT2D eigenvalue weighted by atomic mass is 15.1. The second kappa shape index (κ2) is 8.34. The van der Waals surface area contributed by atoms with E-state index in [9.17, 15) is 0 Å². The highest BCUT2D eigenvalue weighted by molar-refractivity contribution is 5.33. The fraction of sp³-hybridized carbons (Fsp3) is 0.647. The van der Waals surface area contributed by atoms with Crippen molar-refractivity contribution in [2.45, 2.75) is 46.6 Å². The zero-order valence-electron chi connectivity index (χ0n) is 13.3. The minimum Gasteiger partial charge on any atom is -0.309 e. The Bertz CT molecular complexity index is 374. The molecule has 108 valence electrons. The Kier molecular flexibility index (Phi) is 7.11. The van der Waals surface area contributed by atoms with Gasteiger partial charge in [0.15, 0.2) is 0 Å². The van der Waals surface area contributed by atoms with Crippen LogP contribution in [-0.4, -0.2) is 31.6 Å². The summed E-state index contributed by atoms with van der Waals surface area (Å²) in [7, 11) is 2.22. The molecule has 0 fully saturated rings. The predicted octanol–water partition coefficient (Wildman–Crippen LogP) is 3.69. The van der Waals surface area contributed by atoms with Crippen LogP contribution in [0.3, 0.4) is 0 Å². The zero-order chi connectivity index (χ0) is 14.3. The Morgan fingerprint density at radius 2 is 1.89 bits per heavy atom. The van der Waals surface area contributed by atoms with Gasteiger partial charge < -0.3 is 10.2 Å². The molecule has 0 saturated heterocycles. The van der Waals surface area contributed by atoms with Gasteiger partial charge in [0.2, 0.25) is 0 Å². The molecule has 0 amide bonds. The molecule has 1 atom stereocenters. The number of nitrogens with zero attached hydrogens (tertiary/aromatic N) is 1. The SMILES string of the molecule is CCCNC(CN(C)CCC)c1ccc(C)cc1C. The van der Waals surface area contributed by atoms with E-state index in [1.807, 2.05) is 0 Å². The van der Waals surface area contributed by atoms with Crippen molar-refractivity contribution in [2.75, 3.05) is 26.7 Å². The molecule has 1 rings (SSSR count). The van der Waals surface area contributed by atoms with Gasteiger partial charge in [0.25, 0.3) is 0 Å².